The first-order valence-electron chi connectivity index (χ1n) is 7.10. The van der Waals surface area contributed by atoms with Crippen molar-refractivity contribution in [3.8, 4) is 0 Å². The van der Waals surface area contributed by atoms with Crippen LogP contribution in [0.5, 0.6) is 0 Å². The molecule has 1 aromatic rings. The predicted molar refractivity (Wildman–Crippen MR) is 76.8 cm³/mol. The molecule has 1 rings (SSSR count). The summed E-state index contributed by atoms with van der Waals surface area (Å²) in [6, 6.07) is 2.20. The molecule has 0 aliphatic carbocycles. The minimum Gasteiger partial charge on any atom is -0.396 e. The maximum absolute atomic E-state index is 13.8. The molecule has 6 heteroatoms. The number of aliphatic hydroxyl groups excluding tert-OH is 1. The number of urea groups is 1. The van der Waals surface area contributed by atoms with Gasteiger partial charge in [0.15, 0.2) is 0 Å². The van der Waals surface area contributed by atoms with Crippen molar-refractivity contribution in [2.45, 2.75) is 45.2 Å². The molecule has 0 aliphatic heterocycles. The van der Waals surface area contributed by atoms with Crippen molar-refractivity contribution in [1.82, 2.24) is 10.6 Å². The van der Waals surface area contributed by atoms with Crippen molar-refractivity contribution in [3.05, 3.63) is 35.4 Å². The van der Waals surface area contributed by atoms with E-state index < -0.39 is 23.7 Å². The molecule has 118 valence electrons. The Balaban J connectivity index is 2.75. The lowest BCUT2D eigenvalue weighted by atomic mass is 10.0. The van der Waals surface area contributed by atoms with Crippen LogP contribution < -0.4 is 10.6 Å². The average Bonchev–Trinajstić information content (AvgIpc) is 2.38. The Bertz CT molecular complexity index is 469. The fourth-order valence-corrected chi connectivity index (χ4v) is 2.07. The largest absolute Gasteiger partial charge is 0.396 e. The van der Waals surface area contributed by atoms with Gasteiger partial charge < -0.3 is 15.7 Å². The summed E-state index contributed by atoms with van der Waals surface area (Å²) in [6.07, 6.45) is 1.73. The minimum atomic E-state index is -0.669. The van der Waals surface area contributed by atoms with Crippen LogP contribution in [0.3, 0.4) is 0 Å². The zero-order valence-electron chi connectivity index (χ0n) is 12.3. The molecule has 0 heterocycles. The lowest BCUT2D eigenvalue weighted by Crippen LogP contribution is -2.42. The Morgan fingerprint density at radius 1 is 1.29 bits per heavy atom. The van der Waals surface area contributed by atoms with Gasteiger partial charge >= 0.3 is 6.03 Å². The number of nitrogens with one attached hydrogen (secondary N) is 2. The normalized spacial score (nSPS) is 13.6. The number of rotatable bonds is 7. The summed E-state index contributed by atoms with van der Waals surface area (Å²) < 4.78 is 26.8. The first-order valence-corrected chi connectivity index (χ1v) is 7.10. The van der Waals surface area contributed by atoms with E-state index in [4.69, 9.17) is 5.11 Å². The standard InChI is InChI=1S/C15H22F2N2O2/c1-3-4-14(12-6-5-11(16)9-13(12)17)19-15(21)18-10(2)7-8-20/h5-6,9-10,14,20H,3-4,7-8H2,1-2H3,(H2,18,19,21)/t10-,14?/m1/s1. The van der Waals surface area contributed by atoms with E-state index in [0.717, 1.165) is 12.5 Å². The molecule has 0 bridgehead atoms. The van der Waals surface area contributed by atoms with Crippen LogP contribution in [0.25, 0.3) is 0 Å². The van der Waals surface area contributed by atoms with Crippen molar-refractivity contribution >= 4 is 6.03 Å². The van der Waals surface area contributed by atoms with Crippen LogP contribution in [0.4, 0.5) is 13.6 Å². The van der Waals surface area contributed by atoms with E-state index in [0.29, 0.717) is 12.8 Å². The molecule has 0 aromatic heterocycles. The highest BCUT2D eigenvalue weighted by Gasteiger charge is 2.18. The fraction of sp³-hybridized carbons (Fsp3) is 0.533. The van der Waals surface area contributed by atoms with Crippen LogP contribution in [-0.2, 0) is 0 Å². The molecule has 0 spiro atoms. The third kappa shape index (κ3) is 5.67. The smallest absolute Gasteiger partial charge is 0.315 e. The van der Waals surface area contributed by atoms with Gasteiger partial charge in [-0.3, -0.25) is 0 Å². The van der Waals surface area contributed by atoms with Gasteiger partial charge in [0, 0.05) is 24.3 Å². The highest BCUT2D eigenvalue weighted by molar-refractivity contribution is 5.74. The molecule has 4 nitrogen and oxygen atoms in total. The van der Waals surface area contributed by atoms with E-state index in [1.54, 1.807) is 6.92 Å². The highest BCUT2D eigenvalue weighted by atomic mass is 19.1. The number of carbonyl (C=O) groups is 1. The molecule has 1 aromatic carbocycles. The van der Waals surface area contributed by atoms with Crippen molar-refractivity contribution < 1.29 is 18.7 Å². The van der Waals surface area contributed by atoms with Gasteiger partial charge in [-0.05, 0) is 25.8 Å². The topological polar surface area (TPSA) is 61.4 Å². The van der Waals surface area contributed by atoms with E-state index in [9.17, 15) is 13.6 Å². The van der Waals surface area contributed by atoms with Gasteiger partial charge in [0.05, 0.1) is 6.04 Å². The van der Waals surface area contributed by atoms with E-state index >= 15 is 0 Å². The second-order valence-corrected chi connectivity index (χ2v) is 5.04. The Kier molecular flexibility index (Phi) is 7.08. The number of aliphatic hydroxyl groups is 1. The molecule has 0 fully saturated rings. The molecule has 3 N–H and O–H groups in total. The van der Waals surface area contributed by atoms with Crippen molar-refractivity contribution in [3.63, 3.8) is 0 Å². The summed E-state index contributed by atoms with van der Waals surface area (Å²) in [4.78, 5) is 11.9. The Labute approximate surface area is 123 Å². The van der Waals surface area contributed by atoms with Gasteiger partial charge in [0.2, 0.25) is 0 Å². The number of amides is 2. The summed E-state index contributed by atoms with van der Waals surface area (Å²) in [5, 5.41) is 14.2. The lowest BCUT2D eigenvalue weighted by molar-refractivity contribution is 0.226. The third-order valence-electron chi connectivity index (χ3n) is 3.16. The molecular weight excluding hydrogens is 278 g/mol. The second kappa shape index (κ2) is 8.56. The van der Waals surface area contributed by atoms with Crippen LogP contribution in [0.15, 0.2) is 18.2 Å². The first-order chi connectivity index (χ1) is 9.97. The molecule has 0 saturated carbocycles. The maximum atomic E-state index is 13.8. The Morgan fingerprint density at radius 3 is 2.57 bits per heavy atom. The molecule has 0 radical (unpaired) electrons. The fourth-order valence-electron chi connectivity index (χ4n) is 2.07. The van der Waals surface area contributed by atoms with Gasteiger partial charge in [-0.15, -0.1) is 0 Å². The Morgan fingerprint density at radius 2 is 2.00 bits per heavy atom. The van der Waals surface area contributed by atoms with Gasteiger partial charge in [0.25, 0.3) is 0 Å². The molecule has 0 saturated heterocycles. The van der Waals surface area contributed by atoms with Gasteiger partial charge in [-0.2, -0.15) is 0 Å². The Hall–Kier alpha value is -1.69. The number of halogens is 2. The number of carbonyl (C=O) groups excluding carboxylic acids is 1. The van der Waals surface area contributed by atoms with Crippen LogP contribution in [0.1, 0.15) is 44.7 Å². The van der Waals surface area contributed by atoms with Gasteiger partial charge in [0.1, 0.15) is 11.6 Å². The van der Waals surface area contributed by atoms with E-state index in [1.807, 2.05) is 6.92 Å². The quantitative estimate of drug-likeness (QED) is 0.725. The summed E-state index contributed by atoms with van der Waals surface area (Å²) in [6.45, 7) is 3.66. The molecule has 0 aliphatic rings. The SMILES string of the molecule is CCCC(NC(=O)N[C@H](C)CCO)c1ccc(F)cc1F. The zero-order chi connectivity index (χ0) is 15.8. The maximum Gasteiger partial charge on any atom is 0.315 e. The van der Waals surface area contributed by atoms with E-state index in [2.05, 4.69) is 10.6 Å². The van der Waals surface area contributed by atoms with Crippen molar-refractivity contribution in [1.29, 1.82) is 0 Å². The zero-order valence-corrected chi connectivity index (χ0v) is 12.3. The van der Waals surface area contributed by atoms with E-state index in [1.165, 1.54) is 12.1 Å². The van der Waals surface area contributed by atoms with Crippen LogP contribution >= 0.6 is 0 Å². The summed E-state index contributed by atoms with van der Waals surface area (Å²) >= 11 is 0. The summed E-state index contributed by atoms with van der Waals surface area (Å²) in [5.41, 5.74) is 0.267. The minimum absolute atomic E-state index is 0.0214. The van der Waals surface area contributed by atoms with E-state index in [-0.39, 0.29) is 18.2 Å². The van der Waals surface area contributed by atoms with Crippen LogP contribution in [-0.4, -0.2) is 23.8 Å². The monoisotopic (exact) mass is 300 g/mol. The molecule has 2 atom stereocenters. The number of hydrogen-bond acceptors (Lipinski definition) is 2. The van der Waals surface area contributed by atoms with Crippen molar-refractivity contribution in [2.75, 3.05) is 6.61 Å². The van der Waals surface area contributed by atoms with Crippen LogP contribution in [0, 0.1) is 11.6 Å². The second-order valence-electron chi connectivity index (χ2n) is 5.04. The van der Waals surface area contributed by atoms with Gasteiger partial charge in [-0.1, -0.05) is 19.4 Å². The molecule has 2 amide bonds. The van der Waals surface area contributed by atoms with Crippen LogP contribution in [0.2, 0.25) is 0 Å². The van der Waals surface area contributed by atoms with Crippen molar-refractivity contribution in [2.24, 2.45) is 0 Å². The lowest BCUT2D eigenvalue weighted by Gasteiger charge is -2.21. The predicted octanol–water partition coefficient (Wildman–Crippen LogP) is 2.88. The molecule has 1 unspecified atom stereocenters. The average molecular weight is 300 g/mol. The molecule has 21 heavy (non-hydrogen) atoms. The third-order valence-corrected chi connectivity index (χ3v) is 3.16. The summed E-state index contributed by atoms with van der Waals surface area (Å²) in [5.74, 6) is -1.32. The number of hydrogen-bond donors (Lipinski definition) is 3. The molecular formula is C15H22F2N2O2. The van der Waals surface area contributed by atoms with Gasteiger partial charge in [-0.25, -0.2) is 13.6 Å². The first kappa shape index (κ1) is 17.4. The summed E-state index contributed by atoms with van der Waals surface area (Å²) in [7, 11) is 0. The highest BCUT2D eigenvalue weighted by Crippen LogP contribution is 2.22. The number of benzene rings is 1.